The van der Waals surface area contributed by atoms with Gasteiger partial charge in [-0.25, -0.2) is 4.79 Å². The highest BCUT2D eigenvalue weighted by atomic mass is 35.5. The lowest BCUT2D eigenvalue weighted by atomic mass is 10.1. The normalized spacial score (nSPS) is 11.7. The van der Waals surface area contributed by atoms with E-state index in [4.69, 9.17) is 16.3 Å². The first-order valence-corrected chi connectivity index (χ1v) is 14.5. The van der Waals surface area contributed by atoms with Gasteiger partial charge in [-0.2, -0.15) is 0 Å². The Bertz CT molecular complexity index is 1730. The molecular weight excluding hydrogens is 602 g/mol. The van der Waals surface area contributed by atoms with Crippen molar-refractivity contribution in [3.05, 3.63) is 124 Å². The van der Waals surface area contributed by atoms with Gasteiger partial charge in [0.2, 0.25) is 5.91 Å². The fourth-order valence-corrected chi connectivity index (χ4v) is 5.12. The number of carbonyl (C=O) groups is 4. The van der Waals surface area contributed by atoms with Gasteiger partial charge in [0.15, 0.2) is 0 Å². The molecule has 1 unspecified atom stereocenters. The van der Waals surface area contributed by atoms with Crippen molar-refractivity contribution in [2.24, 2.45) is 0 Å². The lowest BCUT2D eigenvalue weighted by Gasteiger charge is -2.15. The van der Waals surface area contributed by atoms with Crippen LogP contribution in [-0.2, 0) is 9.59 Å². The van der Waals surface area contributed by atoms with Gasteiger partial charge in [-0.15, -0.1) is 11.8 Å². The number of hydrogen-bond donors (Lipinski definition) is 4. The van der Waals surface area contributed by atoms with Crippen molar-refractivity contribution in [2.45, 2.75) is 17.1 Å². The number of anilines is 2. The van der Waals surface area contributed by atoms with Gasteiger partial charge >= 0.3 is 5.97 Å². The second-order valence-corrected chi connectivity index (χ2v) is 11.2. The largest absolute Gasteiger partial charge is 0.496 e. The van der Waals surface area contributed by atoms with Crippen molar-refractivity contribution >= 4 is 64.5 Å². The molecule has 4 aromatic rings. The van der Waals surface area contributed by atoms with Crippen LogP contribution in [0.25, 0.3) is 6.08 Å². The van der Waals surface area contributed by atoms with E-state index < -0.39 is 23.0 Å². The van der Waals surface area contributed by atoms with Gasteiger partial charge in [0, 0.05) is 27.4 Å². The number of ether oxygens (including phenoxy) is 1. The predicted octanol–water partition coefficient (Wildman–Crippen LogP) is 6.58. The molecule has 44 heavy (non-hydrogen) atoms. The molecule has 4 N–H and O–H groups in total. The minimum Gasteiger partial charge on any atom is -0.496 e. The minimum absolute atomic E-state index is 0.00199. The molecule has 9 nitrogen and oxygen atoms in total. The number of amides is 3. The zero-order valence-corrected chi connectivity index (χ0v) is 25.2. The fraction of sp³-hybridized carbons (Fsp3) is 0.0909. The van der Waals surface area contributed by atoms with Crippen LogP contribution in [0, 0.1) is 0 Å². The zero-order valence-electron chi connectivity index (χ0n) is 23.7. The first kappa shape index (κ1) is 31.9. The van der Waals surface area contributed by atoms with Crippen molar-refractivity contribution in [3.8, 4) is 5.75 Å². The Labute approximate surface area is 263 Å². The molecule has 0 aliphatic heterocycles. The quantitative estimate of drug-likeness (QED) is 0.109. The molecule has 4 rings (SSSR count). The van der Waals surface area contributed by atoms with Gasteiger partial charge in [0.25, 0.3) is 11.8 Å². The van der Waals surface area contributed by atoms with Crippen molar-refractivity contribution in [2.75, 3.05) is 17.7 Å². The second-order valence-electron chi connectivity index (χ2n) is 9.35. The molecule has 11 heteroatoms. The summed E-state index contributed by atoms with van der Waals surface area (Å²) in [5, 5.41) is 17.0. The van der Waals surface area contributed by atoms with Gasteiger partial charge in [-0.3, -0.25) is 14.4 Å². The van der Waals surface area contributed by atoms with E-state index in [0.717, 1.165) is 0 Å². The van der Waals surface area contributed by atoms with Gasteiger partial charge in [-0.1, -0.05) is 54.1 Å². The minimum atomic E-state index is -1.20. The third kappa shape index (κ3) is 8.50. The highest BCUT2D eigenvalue weighted by Gasteiger charge is 2.19. The molecule has 0 saturated heterocycles. The Kier molecular flexibility index (Phi) is 10.8. The van der Waals surface area contributed by atoms with E-state index in [1.807, 2.05) is 0 Å². The lowest BCUT2D eigenvalue weighted by Crippen LogP contribution is -2.30. The van der Waals surface area contributed by atoms with Gasteiger partial charge in [0.05, 0.1) is 22.9 Å². The summed E-state index contributed by atoms with van der Waals surface area (Å²) >= 11 is 7.16. The zero-order chi connectivity index (χ0) is 31.6. The number of carbonyl (C=O) groups excluding carboxylic acids is 3. The molecule has 0 spiro atoms. The molecule has 0 saturated carbocycles. The molecule has 0 fully saturated rings. The summed E-state index contributed by atoms with van der Waals surface area (Å²) in [6.45, 7) is 1.70. The van der Waals surface area contributed by atoms with Crippen LogP contribution in [0.4, 0.5) is 11.4 Å². The van der Waals surface area contributed by atoms with E-state index in [-0.39, 0.29) is 22.2 Å². The topological polar surface area (TPSA) is 134 Å². The van der Waals surface area contributed by atoms with E-state index in [9.17, 15) is 24.3 Å². The lowest BCUT2D eigenvalue weighted by molar-refractivity contribution is -0.115. The molecule has 0 aliphatic carbocycles. The number of halogens is 1. The number of nitrogens with one attached hydrogen (secondary N) is 3. The number of para-hydroxylation sites is 1. The summed E-state index contributed by atoms with van der Waals surface area (Å²) in [5.41, 5.74) is 1.60. The first-order chi connectivity index (χ1) is 21.1. The number of benzene rings is 4. The summed E-state index contributed by atoms with van der Waals surface area (Å²) in [4.78, 5) is 51.3. The number of rotatable bonds is 11. The number of methoxy groups -OCH3 is 1. The van der Waals surface area contributed by atoms with E-state index in [1.54, 1.807) is 85.8 Å². The van der Waals surface area contributed by atoms with Crippen molar-refractivity contribution < 1.29 is 29.0 Å². The molecule has 1 atom stereocenters. The van der Waals surface area contributed by atoms with Crippen LogP contribution in [0.3, 0.4) is 0 Å². The average Bonchev–Trinajstić information content (AvgIpc) is 3.02. The molecule has 0 bridgehead atoms. The number of thioether (sulfide) groups is 1. The van der Waals surface area contributed by atoms with Crippen molar-refractivity contribution in [3.63, 3.8) is 0 Å². The van der Waals surface area contributed by atoms with E-state index in [2.05, 4.69) is 16.0 Å². The second kappa shape index (κ2) is 14.9. The van der Waals surface area contributed by atoms with Crippen LogP contribution in [-0.4, -0.2) is 41.2 Å². The number of hydrogen-bond acceptors (Lipinski definition) is 6. The summed E-state index contributed by atoms with van der Waals surface area (Å²) in [6.07, 6.45) is 1.53. The molecule has 224 valence electrons. The number of carboxylic acid groups (broad SMARTS) is 1. The van der Waals surface area contributed by atoms with Gasteiger partial charge < -0.3 is 25.8 Å². The first-order valence-electron chi connectivity index (χ1n) is 13.3. The SMILES string of the molecule is COc1ccccc1/C=C(/NC(=O)c1ccccc1)C(=O)Nc1cccc(SC(C)C(=O)Nc2ccc(Cl)c(C(=O)O)c2)c1. The Morgan fingerprint density at radius 3 is 2.30 bits per heavy atom. The smallest absolute Gasteiger partial charge is 0.337 e. The van der Waals surface area contributed by atoms with Crippen LogP contribution < -0.4 is 20.7 Å². The molecule has 0 aliphatic rings. The predicted molar refractivity (Wildman–Crippen MR) is 172 cm³/mol. The highest BCUT2D eigenvalue weighted by molar-refractivity contribution is 8.00. The maximum Gasteiger partial charge on any atom is 0.337 e. The Hall–Kier alpha value is -5.06. The summed E-state index contributed by atoms with van der Waals surface area (Å²) in [7, 11) is 1.52. The maximum absolute atomic E-state index is 13.5. The third-order valence-corrected chi connectivity index (χ3v) is 7.63. The van der Waals surface area contributed by atoms with Gasteiger partial charge in [-0.05, 0) is 67.6 Å². The monoisotopic (exact) mass is 629 g/mol. The molecule has 0 heterocycles. The number of aromatic carboxylic acids is 1. The Balaban J connectivity index is 1.49. The van der Waals surface area contributed by atoms with E-state index >= 15 is 0 Å². The molecular formula is C33H28ClN3O6S. The standard InChI is InChI=1S/C33H28ClN3O6S/c1-20(30(38)35-24-15-16-27(34)26(19-24)33(41)42)44-25-13-8-12-23(18-25)36-32(40)28(17-22-11-6-7-14-29(22)43-2)37-31(39)21-9-4-3-5-10-21/h3-20H,1-2H3,(H,35,38)(H,36,40)(H,37,39)(H,41,42)/b28-17+. The fourth-order valence-electron chi connectivity index (χ4n) is 4.00. The average molecular weight is 630 g/mol. The number of carboxylic acids is 1. The summed E-state index contributed by atoms with van der Waals surface area (Å²) < 4.78 is 5.41. The van der Waals surface area contributed by atoms with Crippen LogP contribution in [0.5, 0.6) is 5.75 Å². The highest BCUT2D eigenvalue weighted by Crippen LogP contribution is 2.28. The maximum atomic E-state index is 13.5. The van der Waals surface area contributed by atoms with Crippen LogP contribution in [0.15, 0.2) is 108 Å². The van der Waals surface area contributed by atoms with Crippen LogP contribution in [0.2, 0.25) is 5.02 Å². The molecule has 4 aromatic carbocycles. The Morgan fingerprint density at radius 2 is 1.57 bits per heavy atom. The Morgan fingerprint density at radius 1 is 0.864 bits per heavy atom. The summed E-state index contributed by atoms with van der Waals surface area (Å²) in [6, 6.07) is 26.8. The van der Waals surface area contributed by atoms with Crippen molar-refractivity contribution in [1.82, 2.24) is 5.32 Å². The van der Waals surface area contributed by atoms with Gasteiger partial charge in [0.1, 0.15) is 11.4 Å². The molecule has 3 amide bonds. The van der Waals surface area contributed by atoms with E-state index in [1.165, 1.54) is 43.1 Å². The third-order valence-electron chi connectivity index (χ3n) is 6.21. The van der Waals surface area contributed by atoms with Crippen LogP contribution >= 0.6 is 23.4 Å². The van der Waals surface area contributed by atoms with Crippen molar-refractivity contribution in [1.29, 1.82) is 0 Å². The molecule has 0 aromatic heterocycles. The summed E-state index contributed by atoms with van der Waals surface area (Å²) in [5.74, 6) is -2.05. The van der Waals surface area contributed by atoms with E-state index in [0.29, 0.717) is 33.1 Å². The molecule has 0 radical (unpaired) electrons. The van der Waals surface area contributed by atoms with Crippen LogP contribution in [0.1, 0.15) is 33.2 Å².